The van der Waals surface area contributed by atoms with E-state index < -0.39 is 62.0 Å². The Bertz CT molecular complexity index is 1180. The van der Waals surface area contributed by atoms with Crippen LogP contribution in [0.5, 0.6) is 0 Å². The molecule has 1 saturated carbocycles. The fourth-order valence-electron chi connectivity index (χ4n) is 4.19. The molecular weight excluding hydrogens is 510 g/mol. The topological polar surface area (TPSA) is 80.5 Å². The Morgan fingerprint density at radius 2 is 1.53 bits per heavy atom. The molecule has 1 fully saturated rings. The van der Waals surface area contributed by atoms with Crippen molar-refractivity contribution in [2.24, 2.45) is 5.14 Å². The molecule has 1 aliphatic rings. The predicted molar refractivity (Wildman–Crippen MR) is 114 cm³/mol. The number of hydrogen-bond acceptors (Lipinski definition) is 3. The van der Waals surface area contributed by atoms with Gasteiger partial charge in [-0.15, -0.1) is 0 Å². The molecular formula is C21H19ClF6N2O3S. The van der Waals surface area contributed by atoms with Crippen LogP contribution in [0.4, 0.5) is 32.0 Å². The van der Waals surface area contributed by atoms with Crippen molar-refractivity contribution in [1.29, 1.82) is 0 Å². The second-order valence-corrected chi connectivity index (χ2v) is 10.1. The molecule has 2 N–H and O–H groups in total. The molecule has 186 valence electrons. The highest BCUT2D eigenvalue weighted by molar-refractivity contribution is 7.89. The van der Waals surface area contributed by atoms with E-state index in [0.717, 1.165) is 30.3 Å². The molecule has 3 rings (SSSR count). The van der Waals surface area contributed by atoms with Crippen LogP contribution >= 0.6 is 11.6 Å². The van der Waals surface area contributed by atoms with Gasteiger partial charge in [0.05, 0.1) is 33.7 Å². The lowest BCUT2D eigenvalue weighted by molar-refractivity contribution is -0.138. The van der Waals surface area contributed by atoms with Crippen molar-refractivity contribution in [2.75, 3.05) is 4.90 Å². The molecule has 0 spiro atoms. The fourth-order valence-corrected chi connectivity index (χ4v) is 5.55. The number of carbonyl (C=O) groups excluding carboxylic acids is 1. The van der Waals surface area contributed by atoms with Crippen molar-refractivity contribution < 1.29 is 39.6 Å². The Morgan fingerprint density at radius 1 is 0.941 bits per heavy atom. The zero-order chi connectivity index (χ0) is 25.5. The number of primary sulfonamides is 1. The number of benzene rings is 2. The highest BCUT2D eigenvalue weighted by Gasteiger charge is 2.45. The third-order valence-electron chi connectivity index (χ3n) is 5.63. The van der Waals surface area contributed by atoms with Crippen LogP contribution in [0.3, 0.4) is 0 Å². The van der Waals surface area contributed by atoms with Crippen LogP contribution in [0.2, 0.25) is 5.02 Å². The molecule has 0 aromatic heterocycles. The van der Waals surface area contributed by atoms with Gasteiger partial charge in [0.15, 0.2) is 0 Å². The summed E-state index contributed by atoms with van der Waals surface area (Å²) in [5.74, 6) is -1.43. The first-order valence-electron chi connectivity index (χ1n) is 10.0. The SMILES string of the molecule is NS(=O)(=O)C1CCCCC1N(C(=O)c1ccccc1C(F)(F)F)c1ccc(Cl)cc1C(F)(F)F. The minimum absolute atomic E-state index is 0.0663. The largest absolute Gasteiger partial charge is 0.418 e. The first kappa shape index (κ1) is 26.3. The fraction of sp³-hybridized carbons (Fsp3) is 0.381. The lowest BCUT2D eigenvalue weighted by Gasteiger charge is -2.40. The summed E-state index contributed by atoms with van der Waals surface area (Å²) in [6.07, 6.45) is -9.49. The zero-order valence-corrected chi connectivity index (χ0v) is 18.9. The van der Waals surface area contributed by atoms with Crippen molar-refractivity contribution in [1.82, 2.24) is 0 Å². The van der Waals surface area contributed by atoms with Crippen molar-refractivity contribution in [3.05, 3.63) is 64.2 Å². The molecule has 1 amide bonds. The predicted octanol–water partition coefficient (Wildman–Crippen LogP) is 5.62. The Morgan fingerprint density at radius 3 is 2.12 bits per heavy atom. The van der Waals surface area contributed by atoms with Crippen LogP contribution < -0.4 is 10.0 Å². The molecule has 0 saturated heterocycles. The summed E-state index contributed by atoms with van der Waals surface area (Å²) in [7, 11) is -4.36. The number of carbonyl (C=O) groups is 1. The molecule has 2 aromatic rings. The number of sulfonamides is 1. The Labute approximate surface area is 196 Å². The third-order valence-corrected chi connectivity index (χ3v) is 7.26. The second kappa shape index (κ2) is 9.38. The average Bonchev–Trinajstić information content (AvgIpc) is 2.73. The molecule has 5 nitrogen and oxygen atoms in total. The molecule has 0 radical (unpaired) electrons. The summed E-state index contributed by atoms with van der Waals surface area (Å²) in [5.41, 5.74) is -4.48. The van der Waals surface area contributed by atoms with Gasteiger partial charge < -0.3 is 4.90 Å². The van der Waals surface area contributed by atoms with E-state index >= 15 is 0 Å². The maximum atomic E-state index is 13.9. The Hall–Kier alpha value is -2.31. The van der Waals surface area contributed by atoms with Crippen LogP contribution in [-0.4, -0.2) is 25.6 Å². The van der Waals surface area contributed by atoms with Gasteiger partial charge in [0.1, 0.15) is 0 Å². The van der Waals surface area contributed by atoms with Gasteiger partial charge >= 0.3 is 12.4 Å². The highest BCUT2D eigenvalue weighted by atomic mass is 35.5. The number of anilines is 1. The van der Waals surface area contributed by atoms with Crippen LogP contribution in [0.1, 0.15) is 47.2 Å². The van der Waals surface area contributed by atoms with Gasteiger partial charge in [-0.25, -0.2) is 13.6 Å². The molecule has 0 heterocycles. The number of rotatable bonds is 4. The van der Waals surface area contributed by atoms with Gasteiger partial charge in [-0.05, 0) is 43.2 Å². The van der Waals surface area contributed by atoms with Crippen molar-refractivity contribution >= 4 is 33.2 Å². The van der Waals surface area contributed by atoms with Gasteiger partial charge in [0.25, 0.3) is 5.91 Å². The Kier molecular flexibility index (Phi) is 7.26. The van der Waals surface area contributed by atoms with E-state index in [1.807, 2.05) is 0 Å². The molecule has 34 heavy (non-hydrogen) atoms. The molecule has 0 bridgehead atoms. The minimum atomic E-state index is -5.05. The second-order valence-electron chi connectivity index (χ2n) is 7.86. The number of nitrogens with zero attached hydrogens (tertiary/aromatic N) is 1. The van der Waals surface area contributed by atoms with Crippen LogP contribution in [0.25, 0.3) is 0 Å². The van der Waals surface area contributed by atoms with Gasteiger partial charge in [0.2, 0.25) is 10.0 Å². The van der Waals surface area contributed by atoms with Gasteiger partial charge in [0, 0.05) is 5.02 Å². The molecule has 2 atom stereocenters. The molecule has 1 aliphatic carbocycles. The van der Waals surface area contributed by atoms with E-state index in [2.05, 4.69) is 0 Å². The molecule has 2 aromatic carbocycles. The molecule has 13 heteroatoms. The maximum Gasteiger partial charge on any atom is 0.418 e. The summed E-state index contributed by atoms with van der Waals surface area (Å²) in [6.45, 7) is 0. The molecule has 0 aliphatic heterocycles. The number of nitrogens with two attached hydrogens (primary N) is 1. The number of hydrogen-bond donors (Lipinski definition) is 1. The summed E-state index contributed by atoms with van der Waals surface area (Å²) < 4.78 is 107. The van der Waals surface area contributed by atoms with Crippen molar-refractivity contribution in [3.8, 4) is 0 Å². The van der Waals surface area contributed by atoms with E-state index in [9.17, 15) is 39.6 Å². The summed E-state index contributed by atoms with van der Waals surface area (Å²) >= 11 is 5.73. The first-order chi connectivity index (χ1) is 15.6. The Balaban J connectivity index is 2.31. The monoisotopic (exact) mass is 528 g/mol. The van der Waals surface area contributed by atoms with Gasteiger partial charge in [-0.3, -0.25) is 4.79 Å². The minimum Gasteiger partial charge on any atom is -0.303 e. The van der Waals surface area contributed by atoms with E-state index in [1.165, 1.54) is 0 Å². The lowest BCUT2D eigenvalue weighted by Crippen LogP contribution is -2.53. The number of amides is 1. The zero-order valence-electron chi connectivity index (χ0n) is 17.3. The first-order valence-corrected chi connectivity index (χ1v) is 12.0. The van der Waals surface area contributed by atoms with Crippen molar-refractivity contribution in [3.63, 3.8) is 0 Å². The third kappa shape index (κ3) is 5.49. The molecule has 2 unspecified atom stereocenters. The van der Waals surface area contributed by atoms with Crippen molar-refractivity contribution in [2.45, 2.75) is 49.3 Å². The number of alkyl halides is 6. The normalized spacial score (nSPS) is 19.6. The average molecular weight is 529 g/mol. The van der Waals surface area contributed by atoms with Gasteiger partial charge in [-0.2, -0.15) is 26.3 Å². The van der Waals surface area contributed by atoms with E-state index in [1.54, 1.807) is 0 Å². The summed E-state index contributed by atoms with van der Waals surface area (Å²) in [5, 5.41) is 3.51. The van der Waals surface area contributed by atoms with E-state index in [-0.39, 0.29) is 17.9 Å². The van der Waals surface area contributed by atoms with Gasteiger partial charge in [-0.1, -0.05) is 36.6 Å². The van der Waals surface area contributed by atoms with Crippen LogP contribution in [-0.2, 0) is 22.4 Å². The standard InChI is InChI=1S/C21H19ClF6N2O3S/c22-12-9-10-16(15(11-12)21(26,27)28)30(17-7-3-4-8-18(17)34(29,32)33)19(31)13-5-1-2-6-14(13)20(23,24)25/h1-2,5-6,9-11,17-18H,3-4,7-8H2,(H2,29,32,33). The number of halogens is 7. The highest BCUT2D eigenvalue weighted by Crippen LogP contribution is 2.42. The van der Waals surface area contributed by atoms with Crippen LogP contribution in [0.15, 0.2) is 42.5 Å². The quantitative estimate of drug-likeness (QED) is 0.523. The van der Waals surface area contributed by atoms with E-state index in [4.69, 9.17) is 16.7 Å². The summed E-state index contributed by atoms with van der Waals surface area (Å²) in [6, 6.07) is 4.59. The lowest BCUT2D eigenvalue weighted by atomic mass is 9.91. The maximum absolute atomic E-state index is 13.9. The summed E-state index contributed by atoms with van der Waals surface area (Å²) in [4.78, 5) is 14.0. The van der Waals surface area contributed by atoms with E-state index in [0.29, 0.717) is 29.9 Å². The van der Waals surface area contributed by atoms with Crippen LogP contribution in [0, 0.1) is 0 Å². The smallest absolute Gasteiger partial charge is 0.303 e.